The standard InChI is InChI=1S/C12H15FN2O3/c13-9-5-11(15-6-10(9)14)18-8-3-1-7(2-4-8)12(16)17/h5-8H,1-4,14H2,(H,16,17). The molecular formula is C12H15FN2O3. The quantitative estimate of drug-likeness (QED) is 0.859. The fourth-order valence-corrected chi connectivity index (χ4v) is 2.09. The Kier molecular flexibility index (Phi) is 3.64. The summed E-state index contributed by atoms with van der Waals surface area (Å²) in [6.07, 6.45) is 3.56. The summed E-state index contributed by atoms with van der Waals surface area (Å²) in [5.41, 5.74) is 5.30. The number of nitrogens with zero attached hydrogens (tertiary/aromatic N) is 1. The first-order valence-corrected chi connectivity index (χ1v) is 5.86. The van der Waals surface area contributed by atoms with Gasteiger partial charge in [0.25, 0.3) is 0 Å². The second-order valence-electron chi connectivity index (χ2n) is 4.47. The molecule has 18 heavy (non-hydrogen) atoms. The topological polar surface area (TPSA) is 85.4 Å². The minimum absolute atomic E-state index is 0.0167. The predicted molar refractivity (Wildman–Crippen MR) is 62.6 cm³/mol. The van der Waals surface area contributed by atoms with Gasteiger partial charge in [0, 0.05) is 6.07 Å². The van der Waals surface area contributed by atoms with E-state index in [-0.39, 0.29) is 23.6 Å². The lowest BCUT2D eigenvalue weighted by atomic mass is 9.87. The summed E-state index contributed by atoms with van der Waals surface area (Å²) in [4.78, 5) is 14.7. The summed E-state index contributed by atoms with van der Waals surface area (Å²) in [5, 5.41) is 8.86. The van der Waals surface area contributed by atoms with Gasteiger partial charge >= 0.3 is 5.97 Å². The maximum absolute atomic E-state index is 13.2. The van der Waals surface area contributed by atoms with Crippen LogP contribution in [0.15, 0.2) is 12.3 Å². The van der Waals surface area contributed by atoms with Gasteiger partial charge in [-0.2, -0.15) is 0 Å². The highest BCUT2D eigenvalue weighted by atomic mass is 19.1. The second kappa shape index (κ2) is 5.20. The number of aliphatic carboxylic acids is 1. The molecule has 1 aliphatic rings. The number of hydrogen-bond acceptors (Lipinski definition) is 4. The van der Waals surface area contributed by atoms with Crippen LogP contribution in [0.1, 0.15) is 25.7 Å². The molecule has 1 fully saturated rings. The number of halogens is 1. The van der Waals surface area contributed by atoms with E-state index in [1.165, 1.54) is 6.20 Å². The summed E-state index contributed by atoms with van der Waals surface area (Å²) < 4.78 is 18.7. The van der Waals surface area contributed by atoms with Crippen molar-refractivity contribution < 1.29 is 19.0 Å². The van der Waals surface area contributed by atoms with E-state index in [1.54, 1.807) is 0 Å². The lowest BCUT2D eigenvalue weighted by Gasteiger charge is -2.26. The van der Waals surface area contributed by atoms with Crippen LogP contribution < -0.4 is 10.5 Å². The van der Waals surface area contributed by atoms with Crippen LogP contribution in [-0.4, -0.2) is 22.2 Å². The van der Waals surface area contributed by atoms with Gasteiger partial charge in [-0.25, -0.2) is 9.37 Å². The zero-order chi connectivity index (χ0) is 13.1. The number of nitrogen functional groups attached to an aromatic ring is 1. The molecule has 0 unspecified atom stereocenters. The van der Waals surface area contributed by atoms with E-state index in [9.17, 15) is 9.18 Å². The van der Waals surface area contributed by atoms with E-state index < -0.39 is 11.8 Å². The van der Waals surface area contributed by atoms with Crippen molar-refractivity contribution >= 4 is 11.7 Å². The third-order valence-corrected chi connectivity index (χ3v) is 3.17. The molecule has 0 spiro atoms. The van der Waals surface area contributed by atoms with Gasteiger partial charge < -0.3 is 15.6 Å². The number of rotatable bonds is 3. The molecule has 5 nitrogen and oxygen atoms in total. The molecule has 0 aromatic carbocycles. The largest absolute Gasteiger partial charge is 0.481 e. The number of ether oxygens (including phenoxy) is 1. The average molecular weight is 254 g/mol. The van der Waals surface area contributed by atoms with Crippen LogP contribution in [0.2, 0.25) is 0 Å². The normalized spacial score (nSPS) is 23.6. The Morgan fingerprint density at radius 1 is 1.44 bits per heavy atom. The van der Waals surface area contributed by atoms with Gasteiger partial charge in [0.15, 0.2) is 5.82 Å². The molecular weight excluding hydrogens is 239 g/mol. The minimum Gasteiger partial charge on any atom is -0.481 e. The molecule has 1 saturated carbocycles. The fourth-order valence-electron chi connectivity index (χ4n) is 2.09. The maximum atomic E-state index is 13.2. The Labute approximate surface area is 104 Å². The van der Waals surface area contributed by atoms with Crippen molar-refractivity contribution in [3.8, 4) is 5.88 Å². The molecule has 6 heteroatoms. The summed E-state index contributed by atoms with van der Waals surface area (Å²) in [5.74, 6) is -1.41. The van der Waals surface area contributed by atoms with Crippen molar-refractivity contribution in [3.63, 3.8) is 0 Å². The van der Waals surface area contributed by atoms with E-state index in [4.69, 9.17) is 15.6 Å². The van der Waals surface area contributed by atoms with Crippen LogP contribution in [0.4, 0.5) is 10.1 Å². The lowest BCUT2D eigenvalue weighted by molar-refractivity contribution is -0.143. The Morgan fingerprint density at radius 2 is 2.11 bits per heavy atom. The van der Waals surface area contributed by atoms with Crippen LogP contribution in [0.25, 0.3) is 0 Å². The van der Waals surface area contributed by atoms with Gasteiger partial charge in [0.05, 0.1) is 17.8 Å². The zero-order valence-corrected chi connectivity index (χ0v) is 9.80. The lowest BCUT2D eigenvalue weighted by Crippen LogP contribution is -2.28. The van der Waals surface area contributed by atoms with Crippen LogP contribution in [-0.2, 0) is 4.79 Å². The number of pyridine rings is 1. The molecule has 0 aliphatic heterocycles. The van der Waals surface area contributed by atoms with Crippen molar-refractivity contribution in [2.24, 2.45) is 5.92 Å². The van der Waals surface area contributed by atoms with E-state index >= 15 is 0 Å². The molecule has 3 N–H and O–H groups in total. The first-order valence-electron chi connectivity index (χ1n) is 5.86. The first kappa shape index (κ1) is 12.6. The first-order chi connectivity index (χ1) is 8.56. The molecule has 1 aromatic rings. The van der Waals surface area contributed by atoms with Crippen molar-refractivity contribution in [3.05, 3.63) is 18.1 Å². The number of anilines is 1. The Hall–Kier alpha value is -1.85. The number of hydrogen-bond donors (Lipinski definition) is 2. The van der Waals surface area contributed by atoms with E-state index in [0.29, 0.717) is 25.7 Å². The Bertz CT molecular complexity index is 445. The van der Waals surface area contributed by atoms with Crippen LogP contribution >= 0.6 is 0 Å². The minimum atomic E-state index is -0.759. The molecule has 0 amide bonds. The number of carboxylic acid groups (broad SMARTS) is 1. The monoisotopic (exact) mass is 254 g/mol. The fraction of sp³-hybridized carbons (Fsp3) is 0.500. The molecule has 1 heterocycles. The summed E-state index contributed by atoms with van der Waals surface area (Å²) in [6, 6.07) is 1.15. The van der Waals surface area contributed by atoms with E-state index in [1.807, 2.05) is 0 Å². The summed E-state index contributed by atoms with van der Waals surface area (Å²) in [6.45, 7) is 0. The highest BCUT2D eigenvalue weighted by Gasteiger charge is 2.27. The van der Waals surface area contributed by atoms with Gasteiger partial charge in [-0.05, 0) is 25.7 Å². The molecule has 0 atom stereocenters. The van der Waals surface area contributed by atoms with Gasteiger partial charge in [0.2, 0.25) is 5.88 Å². The van der Waals surface area contributed by atoms with Crippen molar-refractivity contribution in [1.82, 2.24) is 4.98 Å². The molecule has 2 rings (SSSR count). The van der Waals surface area contributed by atoms with Crippen molar-refractivity contribution in [2.75, 3.05) is 5.73 Å². The SMILES string of the molecule is Nc1cnc(OC2CCC(C(=O)O)CC2)cc1F. The third-order valence-electron chi connectivity index (χ3n) is 3.17. The van der Waals surface area contributed by atoms with E-state index in [2.05, 4.69) is 4.98 Å². The highest BCUT2D eigenvalue weighted by Crippen LogP contribution is 2.27. The van der Waals surface area contributed by atoms with Gasteiger partial charge in [0.1, 0.15) is 6.10 Å². The number of carbonyl (C=O) groups is 1. The Balaban J connectivity index is 1.91. The zero-order valence-electron chi connectivity index (χ0n) is 9.80. The van der Waals surface area contributed by atoms with E-state index in [0.717, 1.165) is 6.07 Å². The van der Waals surface area contributed by atoms with Crippen LogP contribution in [0.5, 0.6) is 5.88 Å². The van der Waals surface area contributed by atoms with Gasteiger partial charge in [-0.15, -0.1) is 0 Å². The summed E-state index contributed by atoms with van der Waals surface area (Å²) in [7, 11) is 0. The average Bonchev–Trinajstić information content (AvgIpc) is 2.34. The summed E-state index contributed by atoms with van der Waals surface area (Å²) >= 11 is 0. The molecule has 0 saturated heterocycles. The van der Waals surface area contributed by atoms with Crippen LogP contribution in [0, 0.1) is 11.7 Å². The van der Waals surface area contributed by atoms with Gasteiger partial charge in [-0.3, -0.25) is 4.79 Å². The molecule has 98 valence electrons. The highest BCUT2D eigenvalue weighted by molar-refractivity contribution is 5.70. The predicted octanol–water partition coefficient (Wildman–Crippen LogP) is 1.83. The smallest absolute Gasteiger partial charge is 0.306 e. The second-order valence-corrected chi connectivity index (χ2v) is 4.47. The molecule has 0 radical (unpaired) electrons. The van der Waals surface area contributed by atoms with Crippen molar-refractivity contribution in [2.45, 2.75) is 31.8 Å². The maximum Gasteiger partial charge on any atom is 0.306 e. The molecule has 1 aliphatic carbocycles. The third kappa shape index (κ3) is 2.88. The van der Waals surface area contributed by atoms with Crippen LogP contribution in [0.3, 0.4) is 0 Å². The number of carboxylic acids is 1. The molecule has 0 bridgehead atoms. The molecule has 1 aromatic heterocycles. The number of nitrogens with two attached hydrogens (primary N) is 1. The van der Waals surface area contributed by atoms with Crippen molar-refractivity contribution in [1.29, 1.82) is 0 Å². The Morgan fingerprint density at radius 3 is 2.67 bits per heavy atom. The van der Waals surface area contributed by atoms with Gasteiger partial charge in [-0.1, -0.05) is 0 Å². The number of aromatic nitrogens is 1.